The molecule has 0 aliphatic heterocycles. The SMILES string of the molecule is CPn1cc(-c2cn3nccc3c(Cl)n2)cn1. The van der Waals surface area contributed by atoms with Crippen LogP contribution in [0, 0.1) is 0 Å². The zero-order valence-corrected chi connectivity index (χ0v) is 10.8. The van der Waals surface area contributed by atoms with E-state index in [1.807, 2.05) is 22.9 Å². The molecule has 0 saturated heterocycles. The van der Waals surface area contributed by atoms with Crippen molar-refractivity contribution in [2.24, 2.45) is 0 Å². The van der Waals surface area contributed by atoms with Gasteiger partial charge in [-0.3, -0.25) is 4.45 Å². The predicted molar refractivity (Wildman–Crippen MR) is 68.9 cm³/mol. The third-order valence-electron chi connectivity index (χ3n) is 2.45. The van der Waals surface area contributed by atoms with Gasteiger partial charge in [0.25, 0.3) is 0 Å². The van der Waals surface area contributed by atoms with Gasteiger partial charge in [-0.05, 0) is 21.5 Å². The second-order valence-electron chi connectivity index (χ2n) is 3.48. The van der Waals surface area contributed by atoms with E-state index in [9.17, 15) is 0 Å². The van der Waals surface area contributed by atoms with E-state index in [4.69, 9.17) is 11.6 Å². The van der Waals surface area contributed by atoms with E-state index in [-0.39, 0.29) is 0 Å². The van der Waals surface area contributed by atoms with E-state index in [0.717, 1.165) is 16.8 Å². The van der Waals surface area contributed by atoms with Crippen LogP contribution in [0.4, 0.5) is 0 Å². The Labute approximate surface area is 104 Å². The summed E-state index contributed by atoms with van der Waals surface area (Å²) in [5.41, 5.74) is 2.52. The Kier molecular flexibility index (Phi) is 2.57. The summed E-state index contributed by atoms with van der Waals surface area (Å²) in [5, 5.41) is 8.83. The number of fused-ring (bicyclic) bond motifs is 1. The maximum absolute atomic E-state index is 6.10. The number of aromatic nitrogens is 5. The maximum atomic E-state index is 6.10. The molecule has 7 heteroatoms. The topological polar surface area (TPSA) is 48.0 Å². The van der Waals surface area contributed by atoms with E-state index in [1.54, 1.807) is 16.9 Å². The first-order chi connectivity index (χ1) is 8.28. The first-order valence-electron chi connectivity index (χ1n) is 5.00. The Morgan fingerprint density at radius 2 is 2.18 bits per heavy atom. The monoisotopic (exact) mass is 265 g/mol. The number of halogens is 1. The second-order valence-corrected chi connectivity index (χ2v) is 4.74. The van der Waals surface area contributed by atoms with Gasteiger partial charge in [0.1, 0.15) is 5.52 Å². The highest BCUT2D eigenvalue weighted by molar-refractivity contribution is 7.35. The van der Waals surface area contributed by atoms with Crippen LogP contribution in [0.1, 0.15) is 0 Å². The Balaban J connectivity index is 2.16. The predicted octanol–water partition coefficient (Wildman–Crippen LogP) is 2.32. The molecular weight excluding hydrogens is 257 g/mol. The van der Waals surface area contributed by atoms with E-state index in [0.29, 0.717) is 13.9 Å². The highest BCUT2D eigenvalue weighted by atomic mass is 35.5. The molecule has 0 aliphatic carbocycles. The zero-order valence-electron chi connectivity index (χ0n) is 9.00. The lowest BCUT2D eigenvalue weighted by Crippen LogP contribution is -1.92. The van der Waals surface area contributed by atoms with Crippen molar-refractivity contribution < 1.29 is 0 Å². The molecule has 0 radical (unpaired) electrons. The van der Waals surface area contributed by atoms with Gasteiger partial charge in [-0.1, -0.05) is 11.6 Å². The fraction of sp³-hybridized carbons (Fsp3) is 0.100. The van der Waals surface area contributed by atoms with Crippen LogP contribution in [0.5, 0.6) is 0 Å². The first kappa shape index (κ1) is 10.7. The van der Waals surface area contributed by atoms with Crippen LogP contribution in [0.3, 0.4) is 0 Å². The van der Waals surface area contributed by atoms with Crippen LogP contribution >= 0.6 is 20.3 Å². The van der Waals surface area contributed by atoms with Gasteiger partial charge in [-0.15, -0.1) is 0 Å². The van der Waals surface area contributed by atoms with Gasteiger partial charge >= 0.3 is 0 Å². The summed E-state index contributed by atoms with van der Waals surface area (Å²) in [6.45, 7) is 2.06. The molecule has 1 atom stereocenters. The summed E-state index contributed by atoms with van der Waals surface area (Å²) in [6.07, 6.45) is 7.28. The molecule has 0 amide bonds. The van der Waals surface area contributed by atoms with Crippen molar-refractivity contribution in [2.45, 2.75) is 0 Å². The van der Waals surface area contributed by atoms with E-state index >= 15 is 0 Å². The minimum absolute atomic E-state index is 0.451. The molecule has 0 N–H and O–H groups in total. The van der Waals surface area contributed by atoms with Crippen molar-refractivity contribution in [3.63, 3.8) is 0 Å². The lowest BCUT2D eigenvalue weighted by atomic mass is 10.3. The lowest BCUT2D eigenvalue weighted by Gasteiger charge is -2.00. The molecule has 0 fully saturated rings. The molecule has 86 valence electrons. The van der Waals surface area contributed by atoms with Crippen molar-refractivity contribution in [1.82, 2.24) is 24.1 Å². The standard InChI is InChI=1S/C10H9ClN5P/c1-17-16-5-7(4-13-16)8-6-15-9(2-3-12-15)10(11)14-8/h2-6,17H,1H3. The molecule has 3 aromatic rings. The number of hydrogen-bond acceptors (Lipinski definition) is 3. The Morgan fingerprint density at radius 1 is 1.29 bits per heavy atom. The minimum atomic E-state index is 0.451. The smallest absolute Gasteiger partial charge is 0.155 e. The molecule has 0 aliphatic rings. The van der Waals surface area contributed by atoms with Crippen LogP contribution in [-0.4, -0.2) is 30.8 Å². The Hall–Kier alpha value is -1.45. The van der Waals surface area contributed by atoms with Gasteiger partial charge in [-0.25, -0.2) is 9.50 Å². The molecule has 1 unspecified atom stereocenters. The number of hydrogen-bond donors (Lipinski definition) is 0. The Bertz CT molecular complexity index is 674. The third-order valence-corrected chi connectivity index (χ3v) is 3.43. The largest absolute Gasteiger partial charge is 0.255 e. The van der Waals surface area contributed by atoms with Crippen LogP contribution in [0.2, 0.25) is 5.15 Å². The van der Waals surface area contributed by atoms with Gasteiger partial charge in [0.2, 0.25) is 0 Å². The van der Waals surface area contributed by atoms with Crippen molar-refractivity contribution in [3.05, 3.63) is 36.0 Å². The summed E-state index contributed by atoms with van der Waals surface area (Å²) in [4.78, 5) is 4.35. The zero-order chi connectivity index (χ0) is 11.8. The molecule has 3 aromatic heterocycles. The van der Waals surface area contributed by atoms with Crippen LogP contribution in [-0.2, 0) is 0 Å². The molecule has 5 nitrogen and oxygen atoms in total. The number of nitrogens with zero attached hydrogens (tertiary/aromatic N) is 5. The summed E-state index contributed by atoms with van der Waals surface area (Å²) < 4.78 is 3.59. The summed E-state index contributed by atoms with van der Waals surface area (Å²) in [6, 6.07) is 1.83. The number of rotatable bonds is 2. The maximum Gasteiger partial charge on any atom is 0.155 e. The highest BCUT2D eigenvalue weighted by Gasteiger charge is 2.08. The van der Waals surface area contributed by atoms with Gasteiger partial charge in [0, 0.05) is 11.8 Å². The van der Waals surface area contributed by atoms with Crippen molar-refractivity contribution >= 4 is 25.8 Å². The van der Waals surface area contributed by atoms with E-state index in [1.165, 1.54) is 0 Å². The van der Waals surface area contributed by atoms with Gasteiger partial charge in [0.05, 0.1) is 24.3 Å². The second kappa shape index (κ2) is 4.09. The van der Waals surface area contributed by atoms with Crippen LogP contribution in [0.25, 0.3) is 16.8 Å². The van der Waals surface area contributed by atoms with Crippen molar-refractivity contribution in [1.29, 1.82) is 0 Å². The molecule has 0 aromatic carbocycles. The average molecular weight is 266 g/mol. The van der Waals surface area contributed by atoms with Crippen LogP contribution in [0.15, 0.2) is 30.9 Å². The molecule has 17 heavy (non-hydrogen) atoms. The fourth-order valence-electron chi connectivity index (χ4n) is 1.60. The lowest BCUT2D eigenvalue weighted by molar-refractivity contribution is 0.949. The molecule has 3 rings (SSSR count). The highest BCUT2D eigenvalue weighted by Crippen LogP contribution is 2.23. The molecule has 0 bridgehead atoms. The average Bonchev–Trinajstić information content (AvgIpc) is 2.97. The minimum Gasteiger partial charge on any atom is -0.255 e. The van der Waals surface area contributed by atoms with E-state index in [2.05, 4.69) is 21.8 Å². The molecular formula is C10H9ClN5P. The molecule has 3 heterocycles. The quantitative estimate of drug-likeness (QED) is 0.668. The van der Waals surface area contributed by atoms with Crippen molar-refractivity contribution in [3.8, 4) is 11.3 Å². The van der Waals surface area contributed by atoms with Gasteiger partial charge < -0.3 is 0 Å². The van der Waals surface area contributed by atoms with Crippen LogP contribution < -0.4 is 0 Å². The van der Waals surface area contributed by atoms with Gasteiger partial charge in [-0.2, -0.15) is 10.2 Å². The summed E-state index contributed by atoms with van der Waals surface area (Å²) in [7, 11) is 0.603. The fourth-order valence-corrected chi connectivity index (χ4v) is 2.29. The van der Waals surface area contributed by atoms with Gasteiger partial charge in [0.15, 0.2) is 5.15 Å². The summed E-state index contributed by atoms with van der Waals surface area (Å²) >= 11 is 6.10. The van der Waals surface area contributed by atoms with Crippen molar-refractivity contribution in [2.75, 3.05) is 6.66 Å². The summed E-state index contributed by atoms with van der Waals surface area (Å²) in [5.74, 6) is 0. The Morgan fingerprint density at radius 3 is 2.94 bits per heavy atom. The molecule has 0 spiro atoms. The first-order valence-corrected chi connectivity index (χ1v) is 6.83. The normalized spacial score (nSPS) is 11.9. The van der Waals surface area contributed by atoms with E-state index < -0.39 is 0 Å². The third kappa shape index (κ3) is 1.81. The molecule has 0 saturated carbocycles.